The Balaban J connectivity index is 1.50. The van der Waals surface area contributed by atoms with Crippen molar-refractivity contribution >= 4 is 17.7 Å². The molecule has 2 aliphatic heterocycles. The highest BCUT2D eigenvalue weighted by Gasteiger charge is 2.33. The highest BCUT2D eigenvalue weighted by atomic mass is 16.5. The zero-order valence-electron chi connectivity index (χ0n) is 14.3. The van der Waals surface area contributed by atoms with Crippen LogP contribution in [0.2, 0.25) is 0 Å². The molecule has 0 bridgehead atoms. The number of nitrogens with one attached hydrogen (secondary N) is 2. The van der Waals surface area contributed by atoms with Crippen molar-refractivity contribution in [3.63, 3.8) is 0 Å². The highest BCUT2D eigenvalue weighted by molar-refractivity contribution is 5.90. The van der Waals surface area contributed by atoms with Gasteiger partial charge in [-0.05, 0) is 30.0 Å². The average molecular weight is 345 g/mol. The third-order valence-electron chi connectivity index (χ3n) is 4.68. The zero-order valence-corrected chi connectivity index (χ0v) is 14.3. The Morgan fingerprint density at radius 3 is 2.96 bits per heavy atom. The van der Waals surface area contributed by atoms with Crippen molar-refractivity contribution in [1.29, 1.82) is 0 Å². The summed E-state index contributed by atoms with van der Waals surface area (Å²) in [5.41, 5.74) is 2.02. The van der Waals surface area contributed by atoms with Crippen molar-refractivity contribution in [3.05, 3.63) is 29.3 Å². The number of benzene rings is 1. The van der Waals surface area contributed by atoms with E-state index in [1.54, 1.807) is 11.9 Å². The van der Waals surface area contributed by atoms with Crippen LogP contribution in [-0.4, -0.2) is 55.4 Å². The van der Waals surface area contributed by atoms with E-state index in [9.17, 15) is 14.4 Å². The molecule has 3 rings (SSSR count). The first kappa shape index (κ1) is 17.3. The lowest BCUT2D eigenvalue weighted by molar-refractivity contribution is -0.138. The Hall–Kier alpha value is -2.57. The van der Waals surface area contributed by atoms with Crippen LogP contribution < -0.4 is 15.4 Å². The third-order valence-corrected chi connectivity index (χ3v) is 4.68. The third kappa shape index (κ3) is 3.92. The van der Waals surface area contributed by atoms with Crippen LogP contribution in [0.5, 0.6) is 5.75 Å². The first-order valence-electron chi connectivity index (χ1n) is 8.61. The second-order valence-electron chi connectivity index (χ2n) is 6.35. The molecule has 0 radical (unpaired) electrons. The molecule has 1 saturated heterocycles. The maximum absolute atomic E-state index is 12.3. The van der Waals surface area contributed by atoms with Crippen LogP contribution in [0.3, 0.4) is 0 Å². The van der Waals surface area contributed by atoms with Gasteiger partial charge in [0.1, 0.15) is 11.8 Å². The van der Waals surface area contributed by atoms with Crippen molar-refractivity contribution < 1.29 is 19.1 Å². The first-order chi connectivity index (χ1) is 12.1. The van der Waals surface area contributed by atoms with Crippen molar-refractivity contribution in [2.75, 3.05) is 26.7 Å². The number of nitrogens with zero attached hydrogens (tertiary/aromatic N) is 1. The Morgan fingerprint density at radius 1 is 1.32 bits per heavy atom. The average Bonchev–Trinajstić information content (AvgIpc) is 3.27. The number of hydrogen-bond donors (Lipinski definition) is 2. The van der Waals surface area contributed by atoms with Gasteiger partial charge in [0.05, 0.1) is 19.6 Å². The largest absolute Gasteiger partial charge is 0.493 e. The second-order valence-corrected chi connectivity index (χ2v) is 6.35. The van der Waals surface area contributed by atoms with E-state index in [1.807, 2.05) is 18.2 Å². The molecule has 0 saturated carbocycles. The van der Waals surface area contributed by atoms with Gasteiger partial charge in [-0.1, -0.05) is 12.1 Å². The van der Waals surface area contributed by atoms with E-state index in [2.05, 4.69) is 10.6 Å². The lowest BCUT2D eigenvalue weighted by atomic mass is 10.1. The summed E-state index contributed by atoms with van der Waals surface area (Å²) in [6, 6.07) is 5.31. The minimum Gasteiger partial charge on any atom is -0.493 e. The predicted molar refractivity (Wildman–Crippen MR) is 91.2 cm³/mol. The minimum absolute atomic E-state index is 0.0830. The highest BCUT2D eigenvalue weighted by Crippen LogP contribution is 2.26. The van der Waals surface area contributed by atoms with Crippen LogP contribution in [0.4, 0.5) is 0 Å². The fourth-order valence-electron chi connectivity index (χ4n) is 3.38. The smallest absolute Gasteiger partial charge is 0.242 e. The Labute approximate surface area is 146 Å². The molecule has 7 nitrogen and oxygen atoms in total. The van der Waals surface area contributed by atoms with Gasteiger partial charge < -0.3 is 20.3 Å². The Morgan fingerprint density at radius 2 is 2.16 bits per heavy atom. The molecular weight excluding hydrogens is 322 g/mol. The molecule has 0 aromatic heterocycles. The number of hydrogen-bond acceptors (Lipinski definition) is 4. The molecule has 2 heterocycles. The van der Waals surface area contributed by atoms with Crippen molar-refractivity contribution in [2.45, 2.75) is 31.7 Å². The summed E-state index contributed by atoms with van der Waals surface area (Å²) in [5, 5.41) is 5.24. The molecular formula is C18H23N3O4. The van der Waals surface area contributed by atoms with Crippen molar-refractivity contribution in [3.8, 4) is 5.75 Å². The number of fused-ring (bicyclic) bond motifs is 1. The second kappa shape index (κ2) is 7.55. The van der Waals surface area contributed by atoms with E-state index < -0.39 is 6.04 Å². The SMILES string of the molecule is CNC(=O)[C@@H]1CCCN1C(=O)CNC(=O)Cc1ccc2c(c1)CCO2. The predicted octanol–water partition coefficient (Wildman–Crippen LogP) is 0.0172. The lowest BCUT2D eigenvalue weighted by Crippen LogP contribution is -2.48. The topological polar surface area (TPSA) is 87.7 Å². The molecule has 2 aliphatic rings. The molecule has 3 amide bonds. The standard InChI is InChI=1S/C18H23N3O4/c1-19-18(24)14-3-2-7-21(14)17(23)11-20-16(22)10-12-4-5-15-13(9-12)6-8-25-15/h4-5,9,14H,2-3,6-8,10-11H2,1H3,(H,19,24)(H,20,22)/t14-/m0/s1. The van der Waals surface area contributed by atoms with E-state index in [0.717, 1.165) is 29.7 Å². The van der Waals surface area contributed by atoms with Gasteiger partial charge in [0.25, 0.3) is 0 Å². The molecule has 134 valence electrons. The van der Waals surface area contributed by atoms with E-state index in [1.165, 1.54) is 0 Å². The lowest BCUT2D eigenvalue weighted by Gasteiger charge is -2.23. The van der Waals surface area contributed by atoms with Gasteiger partial charge in [-0.3, -0.25) is 14.4 Å². The molecule has 2 N–H and O–H groups in total. The van der Waals surface area contributed by atoms with Gasteiger partial charge in [-0.2, -0.15) is 0 Å². The summed E-state index contributed by atoms with van der Waals surface area (Å²) >= 11 is 0. The van der Waals surface area contributed by atoms with Crippen LogP contribution in [0.1, 0.15) is 24.0 Å². The molecule has 0 spiro atoms. The van der Waals surface area contributed by atoms with Gasteiger partial charge in [-0.25, -0.2) is 0 Å². The maximum Gasteiger partial charge on any atom is 0.242 e. The normalized spacial score (nSPS) is 18.4. The summed E-state index contributed by atoms with van der Waals surface area (Å²) in [4.78, 5) is 37.8. The number of carbonyl (C=O) groups is 3. The van der Waals surface area contributed by atoms with Crippen molar-refractivity contribution in [2.24, 2.45) is 0 Å². The van der Waals surface area contributed by atoms with Gasteiger partial charge in [0.2, 0.25) is 17.7 Å². The Bertz CT molecular complexity index is 689. The fraction of sp³-hybridized carbons (Fsp3) is 0.500. The molecule has 1 aromatic carbocycles. The quantitative estimate of drug-likeness (QED) is 0.787. The summed E-state index contributed by atoms with van der Waals surface area (Å²) in [6.45, 7) is 1.15. The fourth-order valence-corrected chi connectivity index (χ4v) is 3.38. The van der Waals surface area contributed by atoms with Crippen LogP contribution in [0.25, 0.3) is 0 Å². The van der Waals surface area contributed by atoms with E-state index in [0.29, 0.717) is 19.6 Å². The van der Waals surface area contributed by atoms with Crippen molar-refractivity contribution in [1.82, 2.24) is 15.5 Å². The zero-order chi connectivity index (χ0) is 17.8. The van der Waals surface area contributed by atoms with E-state index >= 15 is 0 Å². The summed E-state index contributed by atoms with van der Waals surface area (Å²) in [7, 11) is 1.56. The number of ether oxygens (including phenoxy) is 1. The van der Waals surface area contributed by atoms with Crippen LogP contribution in [0, 0.1) is 0 Å². The van der Waals surface area contributed by atoms with Gasteiger partial charge in [0, 0.05) is 20.0 Å². The van der Waals surface area contributed by atoms with Gasteiger partial charge in [-0.15, -0.1) is 0 Å². The van der Waals surface area contributed by atoms with E-state index in [4.69, 9.17) is 4.74 Å². The minimum atomic E-state index is -0.425. The van der Waals surface area contributed by atoms with Crippen LogP contribution in [-0.2, 0) is 27.2 Å². The molecule has 0 aliphatic carbocycles. The number of likely N-dealkylation sites (tertiary alicyclic amines) is 1. The number of rotatable bonds is 5. The monoisotopic (exact) mass is 345 g/mol. The van der Waals surface area contributed by atoms with Gasteiger partial charge >= 0.3 is 0 Å². The van der Waals surface area contributed by atoms with Gasteiger partial charge in [0.15, 0.2) is 0 Å². The van der Waals surface area contributed by atoms with Crippen LogP contribution in [0.15, 0.2) is 18.2 Å². The Kier molecular flexibility index (Phi) is 5.21. The molecule has 1 atom stereocenters. The number of carbonyl (C=O) groups excluding carboxylic acids is 3. The molecule has 7 heteroatoms. The van der Waals surface area contributed by atoms with Crippen LogP contribution >= 0.6 is 0 Å². The maximum atomic E-state index is 12.3. The van der Waals surface area contributed by atoms with E-state index in [-0.39, 0.29) is 30.7 Å². The summed E-state index contributed by atoms with van der Waals surface area (Å²) < 4.78 is 5.45. The number of likely N-dealkylation sites (N-methyl/N-ethyl adjacent to an activating group) is 1. The molecule has 25 heavy (non-hydrogen) atoms. The number of amides is 3. The summed E-state index contributed by atoms with van der Waals surface area (Å²) in [5.74, 6) is 0.302. The first-order valence-corrected chi connectivity index (χ1v) is 8.61. The molecule has 0 unspecified atom stereocenters. The molecule has 1 fully saturated rings. The summed E-state index contributed by atoms with van der Waals surface area (Å²) in [6.07, 6.45) is 2.55. The molecule has 1 aromatic rings.